The number of H-pyrrole nitrogens is 1. The molecule has 0 radical (unpaired) electrons. The number of aromatic amines is 1. The largest absolute Gasteiger partial charge is 0.573 e. The molecule has 40 heavy (non-hydrogen) atoms. The van der Waals surface area contributed by atoms with E-state index in [1.54, 1.807) is 18.2 Å². The van der Waals surface area contributed by atoms with E-state index in [9.17, 15) is 22.8 Å². The van der Waals surface area contributed by atoms with Crippen molar-refractivity contribution in [2.45, 2.75) is 18.1 Å². The Kier molecular flexibility index (Phi) is 6.50. The number of alkyl halides is 3. The fraction of sp³-hybridized carbons (Fsp3) is 0.148. The Hall–Kier alpha value is -4.65. The van der Waals surface area contributed by atoms with Crippen LogP contribution in [0.25, 0.3) is 27.6 Å². The molecule has 0 fully saturated rings. The highest BCUT2D eigenvalue weighted by Crippen LogP contribution is 2.32. The normalized spacial score (nSPS) is 12.7. The first kappa shape index (κ1) is 25.6. The summed E-state index contributed by atoms with van der Waals surface area (Å²) in [6.07, 6.45) is -4.85. The van der Waals surface area contributed by atoms with Gasteiger partial charge in [-0.3, -0.25) is 14.2 Å². The summed E-state index contributed by atoms with van der Waals surface area (Å²) in [5.74, 6) is 0.436. The van der Waals surface area contributed by atoms with Crippen molar-refractivity contribution in [2.24, 2.45) is 0 Å². The molecule has 0 unspecified atom stereocenters. The van der Waals surface area contributed by atoms with Gasteiger partial charge in [0.15, 0.2) is 16.7 Å². The van der Waals surface area contributed by atoms with Gasteiger partial charge < -0.3 is 24.5 Å². The zero-order chi connectivity index (χ0) is 27.9. The summed E-state index contributed by atoms with van der Waals surface area (Å²) >= 11 is 1.03. The van der Waals surface area contributed by atoms with Crippen molar-refractivity contribution in [3.8, 4) is 22.9 Å². The van der Waals surface area contributed by atoms with Crippen molar-refractivity contribution in [3.05, 3.63) is 82.6 Å². The van der Waals surface area contributed by atoms with E-state index in [2.05, 4.69) is 20.0 Å². The number of carbonyl (C=O) groups is 1. The fourth-order valence-electron chi connectivity index (χ4n) is 4.30. The predicted octanol–water partition coefficient (Wildman–Crippen LogP) is 4.90. The van der Waals surface area contributed by atoms with Crippen molar-refractivity contribution in [1.82, 2.24) is 19.9 Å². The van der Waals surface area contributed by atoms with E-state index in [1.165, 1.54) is 16.7 Å². The standard InChI is InChI=1S/C27H19F3N4O5S/c28-27(29,30)39-17-8-6-16(7-9-17)34-25(36)24-23(18-3-1-2-4-19(18)32-24)33-26(34)40-13-22(35)31-12-15-5-10-20-21(11-15)38-14-37-20/h1-11,32H,12-14H2,(H,31,35). The second kappa shape index (κ2) is 10.2. The molecule has 3 aromatic carbocycles. The van der Waals surface area contributed by atoms with Crippen molar-refractivity contribution in [1.29, 1.82) is 0 Å². The highest BCUT2D eigenvalue weighted by molar-refractivity contribution is 7.99. The van der Waals surface area contributed by atoms with Gasteiger partial charge in [0, 0.05) is 17.4 Å². The molecule has 6 rings (SSSR count). The topological polar surface area (TPSA) is 107 Å². The number of nitrogens with one attached hydrogen (secondary N) is 2. The smallest absolute Gasteiger partial charge is 0.454 e. The van der Waals surface area contributed by atoms with Crippen LogP contribution in [-0.4, -0.2) is 39.4 Å². The summed E-state index contributed by atoms with van der Waals surface area (Å²) in [5.41, 5.74) is 1.97. The van der Waals surface area contributed by atoms with Crippen LogP contribution in [-0.2, 0) is 11.3 Å². The summed E-state index contributed by atoms with van der Waals surface area (Å²) in [6.45, 7) is 0.397. The Morgan fingerprint density at radius 3 is 2.65 bits per heavy atom. The summed E-state index contributed by atoms with van der Waals surface area (Å²) in [7, 11) is 0. The lowest BCUT2D eigenvalue weighted by molar-refractivity contribution is -0.274. The van der Waals surface area contributed by atoms with Crippen molar-refractivity contribution in [3.63, 3.8) is 0 Å². The van der Waals surface area contributed by atoms with Crippen molar-refractivity contribution < 1.29 is 32.2 Å². The minimum atomic E-state index is -4.85. The lowest BCUT2D eigenvalue weighted by Gasteiger charge is -2.14. The minimum absolute atomic E-state index is 0.0693. The van der Waals surface area contributed by atoms with Crippen LogP contribution in [0.4, 0.5) is 13.2 Å². The van der Waals surface area contributed by atoms with Crippen LogP contribution >= 0.6 is 11.8 Å². The number of aromatic nitrogens is 3. The van der Waals surface area contributed by atoms with Gasteiger partial charge in [-0.2, -0.15) is 0 Å². The molecule has 0 aliphatic carbocycles. The average molecular weight is 569 g/mol. The van der Waals surface area contributed by atoms with Gasteiger partial charge >= 0.3 is 6.36 Å². The molecule has 1 amide bonds. The molecule has 2 aromatic heterocycles. The zero-order valence-electron chi connectivity index (χ0n) is 20.4. The maximum Gasteiger partial charge on any atom is 0.573 e. The number of hydrogen-bond acceptors (Lipinski definition) is 7. The van der Waals surface area contributed by atoms with Crippen LogP contribution in [0.3, 0.4) is 0 Å². The SMILES string of the molecule is O=C(CSc1nc2c([nH]c3ccccc32)c(=O)n1-c1ccc(OC(F)(F)F)cc1)NCc1ccc2c(c1)OCO2. The molecule has 0 atom stereocenters. The number of carbonyl (C=O) groups excluding carboxylic acids is 1. The highest BCUT2D eigenvalue weighted by atomic mass is 32.2. The zero-order valence-corrected chi connectivity index (χ0v) is 21.3. The van der Waals surface area contributed by atoms with Gasteiger partial charge in [0.2, 0.25) is 12.7 Å². The quantitative estimate of drug-likeness (QED) is 0.212. The Morgan fingerprint density at radius 1 is 1.07 bits per heavy atom. The molecule has 1 aliphatic rings. The van der Waals surface area contributed by atoms with Crippen LogP contribution in [0.5, 0.6) is 17.2 Å². The molecule has 5 aromatic rings. The monoisotopic (exact) mass is 568 g/mol. The van der Waals surface area contributed by atoms with Crippen molar-refractivity contribution in [2.75, 3.05) is 12.5 Å². The summed E-state index contributed by atoms with van der Waals surface area (Å²) in [4.78, 5) is 34.1. The number of thioether (sulfide) groups is 1. The molecule has 204 valence electrons. The van der Waals surface area contributed by atoms with E-state index in [-0.39, 0.29) is 41.4 Å². The first-order chi connectivity index (χ1) is 19.2. The van der Waals surface area contributed by atoms with Crippen LogP contribution in [0.2, 0.25) is 0 Å². The second-order valence-electron chi connectivity index (χ2n) is 8.72. The molecule has 1 aliphatic heterocycles. The highest BCUT2D eigenvalue weighted by Gasteiger charge is 2.31. The summed E-state index contributed by atoms with van der Waals surface area (Å²) in [5, 5.41) is 3.75. The number of nitrogens with zero attached hydrogens (tertiary/aromatic N) is 2. The van der Waals surface area contributed by atoms with Crippen LogP contribution in [0, 0.1) is 0 Å². The molecular formula is C27H19F3N4O5S. The maximum absolute atomic E-state index is 13.6. The molecule has 3 heterocycles. The lowest BCUT2D eigenvalue weighted by Crippen LogP contribution is -2.26. The third-order valence-corrected chi connectivity index (χ3v) is 7.02. The molecule has 9 nitrogen and oxygen atoms in total. The molecule has 13 heteroatoms. The third kappa shape index (κ3) is 5.15. The molecule has 0 saturated carbocycles. The van der Waals surface area contributed by atoms with Gasteiger partial charge in [-0.1, -0.05) is 36.0 Å². The Bertz CT molecular complexity index is 1800. The summed E-state index contributed by atoms with van der Waals surface area (Å²) < 4.78 is 53.8. The van der Waals surface area contributed by atoms with Gasteiger partial charge in [0.05, 0.1) is 11.4 Å². The predicted molar refractivity (Wildman–Crippen MR) is 141 cm³/mol. The number of halogens is 3. The van der Waals surface area contributed by atoms with Gasteiger partial charge in [0.25, 0.3) is 5.56 Å². The average Bonchev–Trinajstić information content (AvgIpc) is 3.55. The number of fused-ring (bicyclic) bond motifs is 4. The Balaban J connectivity index is 1.29. The van der Waals surface area contributed by atoms with Crippen LogP contribution < -0.4 is 25.1 Å². The molecule has 0 bridgehead atoms. The van der Waals surface area contributed by atoms with E-state index in [0.717, 1.165) is 34.8 Å². The van der Waals surface area contributed by atoms with E-state index in [0.29, 0.717) is 22.5 Å². The maximum atomic E-state index is 13.6. The van der Waals surface area contributed by atoms with E-state index >= 15 is 0 Å². The molecule has 0 saturated heterocycles. The Morgan fingerprint density at radius 2 is 1.85 bits per heavy atom. The minimum Gasteiger partial charge on any atom is -0.454 e. The lowest BCUT2D eigenvalue weighted by atomic mass is 10.2. The Labute approximate surface area is 227 Å². The number of hydrogen-bond donors (Lipinski definition) is 2. The van der Waals surface area contributed by atoms with Gasteiger partial charge in [-0.15, -0.1) is 13.2 Å². The van der Waals surface area contributed by atoms with E-state index in [1.807, 2.05) is 24.3 Å². The molecule has 0 spiro atoms. The number of para-hydroxylation sites is 1. The van der Waals surface area contributed by atoms with Gasteiger partial charge in [-0.25, -0.2) is 4.98 Å². The third-order valence-electron chi connectivity index (χ3n) is 6.08. The number of rotatable bonds is 7. The van der Waals surface area contributed by atoms with E-state index < -0.39 is 17.7 Å². The van der Waals surface area contributed by atoms with Crippen LogP contribution in [0.15, 0.2) is 76.7 Å². The van der Waals surface area contributed by atoms with Crippen LogP contribution in [0.1, 0.15) is 5.56 Å². The van der Waals surface area contributed by atoms with E-state index in [4.69, 9.17) is 9.47 Å². The first-order valence-corrected chi connectivity index (χ1v) is 12.9. The fourth-order valence-corrected chi connectivity index (χ4v) is 5.13. The number of ether oxygens (including phenoxy) is 3. The second-order valence-corrected chi connectivity index (χ2v) is 9.67. The molecule has 2 N–H and O–H groups in total. The molecular weight excluding hydrogens is 549 g/mol. The van der Waals surface area contributed by atoms with Gasteiger partial charge in [-0.05, 0) is 48.0 Å². The summed E-state index contributed by atoms with van der Waals surface area (Å²) in [6, 6.07) is 17.5. The van der Waals surface area contributed by atoms with Crippen molar-refractivity contribution >= 4 is 39.6 Å². The number of benzene rings is 3. The van der Waals surface area contributed by atoms with Gasteiger partial charge in [0.1, 0.15) is 16.8 Å². The first-order valence-electron chi connectivity index (χ1n) is 11.9. The number of amides is 1.